The van der Waals surface area contributed by atoms with E-state index in [9.17, 15) is 13.2 Å². The fraction of sp³-hybridized carbons (Fsp3) is 0.300. The second-order valence-corrected chi connectivity index (χ2v) is 9.04. The molecule has 1 aliphatic heterocycles. The van der Waals surface area contributed by atoms with Gasteiger partial charge in [0.2, 0.25) is 0 Å². The Labute approximate surface area is 176 Å². The van der Waals surface area contributed by atoms with Crippen LogP contribution in [0.4, 0.5) is 5.69 Å². The number of benzene rings is 2. The van der Waals surface area contributed by atoms with Crippen LogP contribution in [0.25, 0.3) is 0 Å². The van der Waals surface area contributed by atoms with Gasteiger partial charge < -0.3 is 16.4 Å². The zero-order valence-corrected chi connectivity index (χ0v) is 17.5. The predicted octanol–water partition coefficient (Wildman–Crippen LogP) is 2.53. The molecular weight excluding hydrogens is 412 g/mol. The molecule has 1 fully saturated rings. The molecule has 0 bridgehead atoms. The van der Waals surface area contributed by atoms with E-state index in [1.54, 1.807) is 42.5 Å². The summed E-state index contributed by atoms with van der Waals surface area (Å²) in [7, 11) is -3.67. The summed E-state index contributed by atoms with van der Waals surface area (Å²) in [5, 5.41) is 6.08. The van der Waals surface area contributed by atoms with Crippen LogP contribution in [-0.2, 0) is 10.0 Å². The van der Waals surface area contributed by atoms with E-state index in [4.69, 9.17) is 5.73 Å². The van der Waals surface area contributed by atoms with Gasteiger partial charge in [0.1, 0.15) is 4.90 Å². The normalized spacial score (nSPS) is 18.6. The molecule has 1 unspecified atom stereocenters. The number of carbonyl (C=O) groups is 1. The fourth-order valence-electron chi connectivity index (χ4n) is 3.41. The van der Waals surface area contributed by atoms with E-state index in [-0.39, 0.29) is 34.6 Å². The standard InChI is InChI=1S/C20H22N4O3S.ClH/c1-20(12-21,14-8-9-14)23-19(25)13-6-10-15(11-7-13)22-18-16-4-2-3-5-17(16)28(26,27)24-18;/h2-7,10-11,14H,8-9,12,21H2,1H3,(H,22,24)(H,23,25);1H. The van der Waals surface area contributed by atoms with E-state index < -0.39 is 10.0 Å². The van der Waals surface area contributed by atoms with Crippen LogP contribution in [0.1, 0.15) is 35.7 Å². The first-order chi connectivity index (χ1) is 13.3. The second kappa shape index (κ2) is 7.78. The van der Waals surface area contributed by atoms with Crippen molar-refractivity contribution in [2.45, 2.75) is 30.2 Å². The molecular formula is C20H23ClN4O3S. The molecule has 2 aromatic rings. The van der Waals surface area contributed by atoms with Crippen LogP contribution in [0.15, 0.2) is 57.8 Å². The molecule has 1 aliphatic carbocycles. The number of rotatable bonds is 5. The van der Waals surface area contributed by atoms with Crippen LogP contribution in [0.3, 0.4) is 0 Å². The third kappa shape index (κ3) is 4.14. The van der Waals surface area contributed by atoms with Crippen LogP contribution in [0.2, 0.25) is 0 Å². The number of carbonyl (C=O) groups excluding carboxylic acids is 1. The minimum Gasteiger partial charge on any atom is -0.345 e. The molecule has 9 heteroatoms. The van der Waals surface area contributed by atoms with Gasteiger partial charge in [0.25, 0.3) is 15.9 Å². The Morgan fingerprint density at radius 1 is 1.17 bits per heavy atom. The monoisotopic (exact) mass is 434 g/mol. The van der Waals surface area contributed by atoms with Crippen molar-refractivity contribution in [2.75, 3.05) is 11.9 Å². The number of amides is 1. The molecule has 0 saturated heterocycles. The van der Waals surface area contributed by atoms with Gasteiger partial charge in [0, 0.05) is 23.4 Å². The summed E-state index contributed by atoms with van der Waals surface area (Å²) in [6.45, 7) is 2.38. The van der Waals surface area contributed by atoms with E-state index in [0.29, 0.717) is 29.3 Å². The highest BCUT2D eigenvalue weighted by Crippen LogP contribution is 2.39. The maximum absolute atomic E-state index is 12.6. The van der Waals surface area contributed by atoms with Crippen molar-refractivity contribution in [1.29, 1.82) is 0 Å². The van der Waals surface area contributed by atoms with Crippen LogP contribution < -0.4 is 16.4 Å². The lowest BCUT2D eigenvalue weighted by Gasteiger charge is -2.29. The molecule has 0 spiro atoms. The summed E-state index contributed by atoms with van der Waals surface area (Å²) < 4.78 is 28.1. The zero-order chi connectivity index (χ0) is 19.9. The van der Waals surface area contributed by atoms with Gasteiger partial charge in [-0.25, -0.2) is 0 Å². The Morgan fingerprint density at radius 3 is 2.45 bits per heavy atom. The summed E-state index contributed by atoms with van der Waals surface area (Å²) >= 11 is 0. The third-order valence-corrected chi connectivity index (χ3v) is 6.68. The number of hydrogen-bond acceptors (Lipinski definition) is 5. The van der Waals surface area contributed by atoms with E-state index in [1.807, 2.05) is 6.92 Å². The SMILES string of the molecule is CC(CN)(NC(=O)c1ccc(NC2=NS(=O)(=O)c3ccccc32)cc1)C1CC1.Cl. The second-order valence-electron chi connectivity index (χ2n) is 7.46. The van der Waals surface area contributed by atoms with Gasteiger partial charge in [-0.2, -0.15) is 8.42 Å². The Hall–Kier alpha value is -2.42. The van der Waals surface area contributed by atoms with Gasteiger partial charge in [-0.1, -0.05) is 12.1 Å². The number of hydrogen-bond donors (Lipinski definition) is 3. The Morgan fingerprint density at radius 2 is 1.83 bits per heavy atom. The summed E-state index contributed by atoms with van der Waals surface area (Å²) in [4.78, 5) is 12.8. The molecule has 1 saturated carbocycles. The zero-order valence-electron chi connectivity index (χ0n) is 15.9. The topological polar surface area (TPSA) is 114 Å². The lowest BCUT2D eigenvalue weighted by Crippen LogP contribution is -2.53. The smallest absolute Gasteiger partial charge is 0.285 e. The number of anilines is 1. The van der Waals surface area contributed by atoms with Crippen molar-refractivity contribution in [2.24, 2.45) is 16.0 Å². The Balaban J connectivity index is 0.00000240. The van der Waals surface area contributed by atoms with Gasteiger partial charge in [0.15, 0.2) is 5.84 Å². The summed E-state index contributed by atoms with van der Waals surface area (Å²) in [6.07, 6.45) is 2.17. The quantitative estimate of drug-likeness (QED) is 0.669. The molecule has 7 nitrogen and oxygen atoms in total. The highest BCUT2D eigenvalue weighted by molar-refractivity contribution is 7.90. The average molecular weight is 435 g/mol. The predicted molar refractivity (Wildman–Crippen MR) is 115 cm³/mol. The van der Waals surface area contributed by atoms with Crippen molar-refractivity contribution in [1.82, 2.24) is 5.32 Å². The van der Waals surface area contributed by atoms with Crippen LogP contribution in [0, 0.1) is 5.92 Å². The molecule has 4 rings (SSSR count). The molecule has 1 atom stereocenters. The minimum absolute atomic E-state index is 0. The molecule has 1 amide bonds. The maximum Gasteiger partial charge on any atom is 0.285 e. The fourth-order valence-corrected chi connectivity index (χ4v) is 4.59. The van der Waals surface area contributed by atoms with Gasteiger partial charge in [-0.05, 0) is 62.1 Å². The lowest BCUT2D eigenvalue weighted by molar-refractivity contribution is 0.0898. The van der Waals surface area contributed by atoms with E-state index in [2.05, 4.69) is 15.0 Å². The number of amidine groups is 1. The van der Waals surface area contributed by atoms with Crippen molar-refractivity contribution < 1.29 is 13.2 Å². The van der Waals surface area contributed by atoms with Crippen molar-refractivity contribution in [3.8, 4) is 0 Å². The molecule has 1 heterocycles. The molecule has 29 heavy (non-hydrogen) atoms. The largest absolute Gasteiger partial charge is 0.345 e. The first-order valence-corrected chi connectivity index (χ1v) is 10.6. The highest BCUT2D eigenvalue weighted by Gasteiger charge is 2.41. The number of nitrogens with zero attached hydrogens (tertiary/aromatic N) is 1. The number of halogens is 1. The number of fused-ring (bicyclic) bond motifs is 1. The van der Waals surface area contributed by atoms with Crippen LogP contribution in [0.5, 0.6) is 0 Å². The van der Waals surface area contributed by atoms with Gasteiger partial charge >= 0.3 is 0 Å². The van der Waals surface area contributed by atoms with E-state index >= 15 is 0 Å². The summed E-state index contributed by atoms with van der Waals surface area (Å²) in [5.74, 6) is 0.541. The van der Waals surface area contributed by atoms with E-state index in [1.165, 1.54) is 6.07 Å². The molecule has 154 valence electrons. The van der Waals surface area contributed by atoms with Gasteiger partial charge in [0.05, 0.1) is 5.54 Å². The maximum atomic E-state index is 12.6. The van der Waals surface area contributed by atoms with Crippen molar-refractivity contribution >= 4 is 39.9 Å². The third-order valence-electron chi connectivity index (χ3n) is 5.34. The molecule has 2 aliphatic rings. The first kappa shape index (κ1) is 21.3. The first-order valence-electron chi connectivity index (χ1n) is 9.16. The Kier molecular flexibility index (Phi) is 5.71. The van der Waals surface area contributed by atoms with Crippen molar-refractivity contribution in [3.63, 3.8) is 0 Å². The Bertz CT molecular complexity index is 1070. The summed E-state index contributed by atoms with van der Waals surface area (Å²) in [5.41, 5.74) is 7.18. The number of nitrogens with two attached hydrogens (primary N) is 1. The summed E-state index contributed by atoms with van der Waals surface area (Å²) in [6, 6.07) is 13.5. The van der Waals surface area contributed by atoms with E-state index in [0.717, 1.165) is 12.8 Å². The van der Waals surface area contributed by atoms with Crippen molar-refractivity contribution in [3.05, 3.63) is 59.7 Å². The number of nitrogens with one attached hydrogen (secondary N) is 2. The highest BCUT2D eigenvalue weighted by atomic mass is 35.5. The molecule has 2 aromatic carbocycles. The molecule has 0 radical (unpaired) electrons. The van der Waals surface area contributed by atoms with Gasteiger partial charge in [-0.3, -0.25) is 4.79 Å². The molecule has 0 aromatic heterocycles. The lowest BCUT2D eigenvalue weighted by atomic mass is 9.95. The number of sulfonamides is 1. The van der Waals surface area contributed by atoms with Gasteiger partial charge in [-0.15, -0.1) is 16.8 Å². The minimum atomic E-state index is -3.67. The average Bonchev–Trinajstić information content (AvgIpc) is 3.50. The molecule has 4 N–H and O–H groups in total. The van der Waals surface area contributed by atoms with Crippen LogP contribution in [-0.4, -0.2) is 32.2 Å². The van der Waals surface area contributed by atoms with Crippen LogP contribution >= 0.6 is 12.4 Å².